The molecule has 0 saturated heterocycles. The summed E-state index contributed by atoms with van der Waals surface area (Å²) in [6.45, 7) is 6.98. The van der Waals surface area contributed by atoms with Crippen molar-refractivity contribution in [3.8, 4) is 0 Å². The summed E-state index contributed by atoms with van der Waals surface area (Å²) in [4.78, 5) is 5.17. The average Bonchev–Trinajstić information content (AvgIpc) is 3.22. The Labute approximate surface area is 206 Å². The van der Waals surface area contributed by atoms with Crippen molar-refractivity contribution in [2.75, 3.05) is 13.1 Å². The molecule has 0 radical (unpaired) electrons. The molecule has 1 heterocycles. The van der Waals surface area contributed by atoms with Gasteiger partial charge in [0.1, 0.15) is 6.17 Å². The van der Waals surface area contributed by atoms with Crippen LogP contribution in [0.25, 0.3) is 0 Å². The van der Waals surface area contributed by atoms with Crippen molar-refractivity contribution in [2.45, 2.75) is 136 Å². The third kappa shape index (κ3) is 12.6. The molecule has 0 fully saturated rings. The first-order valence-corrected chi connectivity index (χ1v) is 14.6. The Kier molecular flexibility index (Phi) is 15.9. The van der Waals surface area contributed by atoms with E-state index < -0.39 is 0 Å². The molecule has 0 bridgehead atoms. The van der Waals surface area contributed by atoms with Crippen LogP contribution in [0.2, 0.25) is 0 Å². The average molecular weight is 455 g/mol. The number of unbranched alkanes of at least 4 members (excludes halogenated alkanes) is 15. The van der Waals surface area contributed by atoms with E-state index in [2.05, 4.69) is 66.4 Å². The van der Waals surface area contributed by atoms with Crippen LogP contribution in [0.3, 0.4) is 0 Å². The predicted molar refractivity (Wildman–Crippen MR) is 146 cm³/mol. The molecule has 0 spiro atoms. The van der Waals surface area contributed by atoms with Crippen LogP contribution in [0.4, 0.5) is 0 Å². The molecule has 0 saturated carbocycles. The maximum Gasteiger partial charge on any atom is 0.105 e. The van der Waals surface area contributed by atoms with Gasteiger partial charge in [-0.3, -0.25) is 0 Å². The molecule has 188 valence electrons. The molecule has 33 heavy (non-hydrogen) atoms. The number of rotatable bonds is 21. The van der Waals surface area contributed by atoms with Crippen molar-refractivity contribution in [3.05, 3.63) is 48.3 Å². The van der Waals surface area contributed by atoms with Crippen LogP contribution in [0.5, 0.6) is 0 Å². The van der Waals surface area contributed by atoms with E-state index in [1.54, 1.807) is 0 Å². The van der Waals surface area contributed by atoms with Crippen molar-refractivity contribution in [1.29, 1.82) is 0 Å². The van der Waals surface area contributed by atoms with E-state index in [4.69, 9.17) is 0 Å². The van der Waals surface area contributed by atoms with E-state index in [9.17, 15) is 0 Å². The minimum absolute atomic E-state index is 0.505. The molecule has 0 amide bonds. The van der Waals surface area contributed by atoms with Gasteiger partial charge in [-0.25, -0.2) is 0 Å². The maximum absolute atomic E-state index is 2.60. The lowest BCUT2D eigenvalue weighted by molar-refractivity contribution is 0.148. The van der Waals surface area contributed by atoms with Crippen molar-refractivity contribution in [3.63, 3.8) is 0 Å². The minimum Gasteiger partial charge on any atom is -0.356 e. The van der Waals surface area contributed by atoms with Crippen LogP contribution in [-0.2, 0) is 6.42 Å². The van der Waals surface area contributed by atoms with Crippen molar-refractivity contribution in [1.82, 2.24) is 9.80 Å². The number of nitrogens with zero attached hydrogens (tertiary/aromatic N) is 2. The van der Waals surface area contributed by atoms with Crippen molar-refractivity contribution in [2.24, 2.45) is 0 Å². The van der Waals surface area contributed by atoms with E-state index in [0.717, 1.165) is 6.42 Å². The summed E-state index contributed by atoms with van der Waals surface area (Å²) in [5.74, 6) is 0. The Bertz CT molecular complexity index is 582. The van der Waals surface area contributed by atoms with Gasteiger partial charge in [-0.1, -0.05) is 140 Å². The van der Waals surface area contributed by atoms with Crippen molar-refractivity contribution >= 4 is 0 Å². The van der Waals surface area contributed by atoms with Crippen LogP contribution in [-0.4, -0.2) is 29.1 Å². The first-order chi connectivity index (χ1) is 16.3. The van der Waals surface area contributed by atoms with Gasteiger partial charge in [0.15, 0.2) is 0 Å². The van der Waals surface area contributed by atoms with E-state index in [0.29, 0.717) is 6.17 Å². The number of hydrogen-bond acceptors (Lipinski definition) is 2. The third-order valence-corrected chi connectivity index (χ3v) is 7.27. The maximum atomic E-state index is 2.60. The fraction of sp³-hybridized carbons (Fsp3) is 0.742. The van der Waals surface area contributed by atoms with Gasteiger partial charge in [0.2, 0.25) is 0 Å². The SMILES string of the molecule is CCCCCCCCCCCCCCCCCN1C=CN(CCCC)C1Cc1ccccc1. The molecule has 0 aromatic heterocycles. The second kappa shape index (κ2) is 18.9. The lowest BCUT2D eigenvalue weighted by Crippen LogP contribution is -2.41. The second-order valence-corrected chi connectivity index (χ2v) is 10.2. The fourth-order valence-corrected chi connectivity index (χ4v) is 5.07. The predicted octanol–water partition coefficient (Wildman–Crippen LogP) is 9.32. The number of benzene rings is 1. The standard InChI is InChI=1S/C31H54N2/c1-3-5-7-8-9-10-11-12-13-14-15-16-17-18-22-26-33-28-27-32(25-6-4-2)31(33)29-30-23-20-19-21-24-30/h19-21,23-24,27-28,31H,3-18,22,25-26,29H2,1-2H3. The molecular weight excluding hydrogens is 400 g/mol. The molecule has 1 aliphatic rings. The molecule has 1 unspecified atom stereocenters. The zero-order valence-corrected chi connectivity index (χ0v) is 22.2. The van der Waals surface area contributed by atoms with Gasteiger partial charge < -0.3 is 9.80 Å². The zero-order valence-electron chi connectivity index (χ0n) is 22.2. The lowest BCUT2D eigenvalue weighted by atomic mass is 10.0. The molecule has 2 heteroatoms. The highest BCUT2D eigenvalue weighted by molar-refractivity contribution is 5.17. The molecular formula is C31H54N2. The van der Waals surface area contributed by atoms with E-state index >= 15 is 0 Å². The summed E-state index contributed by atoms with van der Waals surface area (Å²) in [5, 5.41) is 0. The zero-order chi connectivity index (χ0) is 23.4. The fourth-order valence-electron chi connectivity index (χ4n) is 5.07. The highest BCUT2D eigenvalue weighted by atomic mass is 15.4. The highest BCUT2D eigenvalue weighted by Gasteiger charge is 2.25. The Morgan fingerprint density at radius 2 is 0.939 bits per heavy atom. The molecule has 1 aromatic rings. The monoisotopic (exact) mass is 454 g/mol. The third-order valence-electron chi connectivity index (χ3n) is 7.27. The lowest BCUT2D eigenvalue weighted by Gasteiger charge is -2.33. The molecule has 2 nitrogen and oxygen atoms in total. The van der Waals surface area contributed by atoms with Crippen LogP contribution in [0, 0.1) is 0 Å². The van der Waals surface area contributed by atoms with Crippen LogP contribution < -0.4 is 0 Å². The van der Waals surface area contributed by atoms with Gasteiger partial charge in [-0.2, -0.15) is 0 Å². The summed E-state index contributed by atoms with van der Waals surface area (Å²) < 4.78 is 0. The van der Waals surface area contributed by atoms with Gasteiger partial charge in [-0.15, -0.1) is 0 Å². The smallest absolute Gasteiger partial charge is 0.105 e. The molecule has 2 rings (SSSR count). The van der Waals surface area contributed by atoms with E-state index in [1.165, 1.54) is 128 Å². The summed E-state index contributed by atoms with van der Waals surface area (Å²) in [6, 6.07) is 11.0. The summed E-state index contributed by atoms with van der Waals surface area (Å²) in [7, 11) is 0. The van der Waals surface area contributed by atoms with Gasteiger partial charge in [0, 0.05) is 31.9 Å². The Balaban J connectivity index is 1.50. The second-order valence-electron chi connectivity index (χ2n) is 10.2. The van der Waals surface area contributed by atoms with Gasteiger partial charge in [0.25, 0.3) is 0 Å². The summed E-state index contributed by atoms with van der Waals surface area (Å²) in [6.07, 6.45) is 30.4. The van der Waals surface area contributed by atoms with Crippen LogP contribution in [0.1, 0.15) is 129 Å². The van der Waals surface area contributed by atoms with E-state index in [1.807, 2.05) is 0 Å². The quantitative estimate of drug-likeness (QED) is 0.171. The highest BCUT2D eigenvalue weighted by Crippen LogP contribution is 2.22. The molecule has 1 aromatic carbocycles. The Hall–Kier alpha value is -1.44. The van der Waals surface area contributed by atoms with Gasteiger partial charge in [-0.05, 0) is 18.4 Å². The molecule has 0 N–H and O–H groups in total. The first kappa shape index (κ1) is 27.8. The molecule has 1 aliphatic heterocycles. The Morgan fingerprint density at radius 1 is 0.515 bits per heavy atom. The normalized spacial score (nSPS) is 15.6. The first-order valence-electron chi connectivity index (χ1n) is 14.6. The van der Waals surface area contributed by atoms with Crippen LogP contribution in [0.15, 0.2) is 42.7 Å². The van der Waals surface area contributed by atoms with Gasteiger partial charge >= 0.3 is 0 Å². The molecule has 0 aliphatic carbocycles. The topological polar surface area (TPSA) is 6.48 Å². The largest absolute Gasteiger partial charge is 0.356 e. The van der Waals surface area contributed by atoms with Gasteiger partial charge in [0.05, 0.1) is 0 Å². The van der Waals surface area contributed by atoms with Crippen molar-refractivity contribution < 1.29 is 0 Å². The summed E-state index contributed by atoms with van der Waals surface area (Å²) >= 11 is 0. The van der Waals surface area contributed by atoms with E-state index in [-0.39, 0.29) is 0 Å². The Morgan fingerprint density at radius 3 is 1.42 bits per heavy atom. The minimum atomic E-state index is 0.505. The summed E-state index contributed by atoms with van der Waals surface area (Å²) in [5.41, 5.74) is 1.45. The number of hydrogen-bond donors (Lipinski definition) is 0. The molecule has 1 atom stereocenters. The van der Waals surface area contributed by atoms with Crippen LogP contribution >= 0.6 is 0 Å².